The maximum Gasteiger partial charge on any atom is 0.273 e. The predicted molar refractivity (Wildman–Crippen MR) is 156 cm³/mol. The highest BCUT2D eigenvalue weighted by molar-refractivity contribution is 6.42. The van der Waals surface area contributed by atoms with E-state index in [-0.39, 0.29) is 42.9 Å². The average Bonchev–Trinajstić information content (AvgIpc) is 3.66. The van der Waals surface area contributed by atoms with Gasteiger partial charge in [-0.2, -0.15) is 10.2 Å². The highest BCUT2D eigenvalue weighted by atomic mass is 35.5. The number of nitrogens with zero attached hydrogens (tertiary/aromatic N) is 7. The van der Waals surface area contributed by atoms with Gasteiger partial charge in [-0.15, -0.1) is 0 Å². The molecule has 6 rings (SSSR count). The summed E-state index contributed by atoms with van der Waals surface area (Å²) < 4.78 is 3.20. The molecule has 3 atom stereocenters. The lowest BCUT2D eigenvalue weighted by Crippen LogP contribution is -2.49. The van der Waals surface area contributed by atoms with E-state index in [2.05, 4.69) is 15.4 Å². The van der Waals surface area contributed by atoms with Gasteiger partial charge in [0.15, 0.2) is 0 Å². The molecule has 0 radical (unpaired) electrons. The summed E-state index contributed by atoms with van der Waals surface area (Å²) >= 11 is 12.3. The van der Waals surface area contributed by atoms with Crippen molar-refractivity contribution >= 4 is 40.9 Å². The average molecular weight is 608 g/mol. The Kier molecular flexibility index (Phi) is 7.24. The van der Waals surface area contributed by atoms with Crippen LogP contribution in [0.15, 0.2) is 55.1 Å². The van der Waals surface area contributed by atoms with E-state index in [4.69, 9.17) is 28.3 Å². The standard InChI is InChI=1S/C29H28Cl2N8O3/c1-16-10-24-21(12-36(16)28(41)19-6-9-22(30)23(31)11-19)26-29(42)37(13-25(27(40)32-3)39(26)35-24)17(2)18-4-7-20(8-5-18)38-15-33-14-34-38/h4-9,11,14-17,25H,10,12-13H2,1-3H3,(H,32,40)/t16-,17+,25+/m1/s1. The molecule has 1 N–H and O–H groups in total. The summed E-state index contributed by atoms with van der Waals surface area (Å²) in [5.74, 6) is -0.720. The molecular weight excluding hydrogens is 579 g/mol. The third-order valence-electron chi connectivity index (χ3n) is 8.07. The second kappa shape index (κ2) is 10.9. The molecule has 4 heterocycles. The van der Waals surface area contributed by atoms with Crippen molar-refractivity contribution in [1.82, 2.24) is 39.7 Å². The number of carbonyl (C=O) groups is 3. The Balaban J connectivity index is 1.35. The number of rotatable bonds is 5. The summed E-state index contributed by atoms with van der Waals surface area (Å²) in [5, 5.41) is 12.3. The van der Waals surface area contributed by atoms with Gasteiger partial charge in [0.05, 0.1) is 40.6 Å². The van der Waals surface area contributed by atoms with E-state index in [1.165, 1.54) is 6.33 Å². The van der Waals surface area contributed by atoms with Crippen molar-refractivity contribution in [2.75, 3.05) is 13.6 Å². The lowest BCUT2D eigenvalue weighted by atomic mass is 9.96. The van der Waals surface area contributed by atoms with Crippen LogP contribution in [-0.2, 0) is 17.8 Å². The van der Waals surface area contributed by atoms with Gasteiger partial charge in [-0.25, -0.2) is 14.3 Å². The van der Waals surface area contributed by atoms with Gasteiger partial charge < -0.3 is 15.1 Å². The zero-order valence-corrected chi connectivity index (χ0v) is 24.7. The van der Waals surface area contributed by atoms with Crippen LogP contribution in [0.4, 0.5) is 0 Å². The number of benzene rings is 2. The van der Waals surface area contributed by atoms with E-state index in [1.807, 2.05) is 38.1 Å². The molecule has 0 saturated carbocycles. The normalized spacial score (nSPS) is 18.8. The highest BCUT2D eigenvalue weighted by Crippen LogP contribution is 2.36. The molecule has 0 saturated heterocycles. The molecule has 2 aromatic carbocycles. The second-order valence-electron chi connectivity index (χ2n) is 10.5. The Bertz CT molecular complexity index is 1690. The van der Waals surface area contributed by atoms with Crippen LogP contribution in [-0.4, -0.2) is 71.7 Å². The van der Waals surface area contributed by atoms with Gasteiger partial charge in [-0.3, -0.25) is 14.4 Å². The molecule has 3 amide bonds. The summed E-state index contributed by atoms with van der Waals surface area (Å²) in [6, 6.07) is 11.2. The summed E-state index contributed by atoms with van der Waals surface area (Å²) in [4.78, 5) is 48.2. The minimum Gasteiger partial charge on any atom is -0.357 e. The van der Waals surface area contributed by atoms with Crippen molar-refractivity contribution in [3.05, 3.63) is 93.2 Å². The van der Waals surface area contributed by atoms with Crippen LogP contribution in [0.2, 0.25) is 10.0 Å². The van der Waals surface area contributed by atoms with Gasteiger partial charge in [-0.05, 0) is 49.7 Å². The minimum absolute atomic E-state index is 0.152. The van der Waals surface area contributed by atoms with Gasteiger partial charge in [-0.1, -0.05) is 35.3 Å². The zero-order valence-electron chi connectivity index (χ0n) is 23.2. The molecule has 42 heavy (non-hydrogen) atoms. The van der Waals surface area contributed by atoms with Crippen molar-refractivity contribution in [2.45, 2.75) is 44.9 Å². The number of halogens is 2. The molecule has 11 nitrogen and oxygen atoms in total. The first-order chi connectivity index (χ1) is 20.2. The van der Waals surface area contributed by atoms with Gasteiger partial charge in [0, 0.05) is 30.6 Å². The Morgan fingerprint density at radius 1 is 1.10 bits per heavy atom. The van der Waals surface area contributed by atoms with Crippen LogP contribution in [0.3, 0.4) is 0 Å². The van der Waals surface area contributed by atoms with Gasteiger partial charge in [0.1, 0.15) is 24.4 Å². The maximum absolute atomic E-state index is 14.2. The molecule has 2 aliphatic rings. The molecule has 216 valence electrons. The predicted octanol–water partition coefficient (Wildman–Crippen LogP) is 3.86. The Morgan fingerprint density at radius 2 is 1.86 bits per heavy atom. The van der Waals surface area contributed by atoms with E-state index in [1.54, 1.807) is 50.7 Å². The largest absolute Gasteiger partial charge is 0.357 e. The number of hydrogen-bond acceptors (Lipinski definition) is 6. The second-order valence-corrected chi connectivity index (χ2v) is 11.3. The van der Waals surface area contributed by atoms with Crippen molar-refractivity contribution in [3.63, 3.8) is 0 Å². The van der Waals surface area contributed by atoms with Gasteiger partial charge >= 0.3 is 0 Å². The van der Waals surface area contributed by atoms with Crippen LogP contribution >= 0.6 is 23.2 Å². The first-order valence-electron chi connectivity index (χ1n) is 13.5. The highest BCUT2D eigenvalue weighted by Gasteiger charge is 2.43. The molecule has 13 heteroatoms. The summed E-state index contributed by atoms with van der Waals surface area (Å²) in [6.07, 6.45) is 3.52. The van der Waals surface area contributed by atoms with E-state index in [0.29, 0.717) is 39.0 Å². The lowest BCUT2D eigenvalue weighted by molar-refractivity contribution is -0.125. The smallest absolute Gasteiger partial charge is 0.273 e. The Morgan fingerprint density at radius 3 is 2.52 bits per heavy atom. The number of carbonyl (C=O) groups excluding carboxylic acids is 3. The van der Waals surface area contributed by atoms with Crippen molar-refractivity contribution < 1.29 is 14.4 Å². The van der Waals surface area contributed by atoms with Crippen LogP contribution in [0, 0.1) is 0 Å². The molecule has 0 aliphatic carbocycles. The molecule has 2 aromatic heterocycles. The van der Waals surface area contributed by atoms with Gasteiger partial charge in [0.25, 0.3) is 11.8 Å². The van der Waals surface area contributed by atoms with Crippen LogP contribution < -0.4 is 5.32 Å². The topological polar surface area (TPSA) is 118 Å². The maximum atomic E-state index is 14.2. The quantitative estimate of drug-likeness (QED) is 0.368. The fraction of sp³-hybridized carbons (Fsp3) is 0.310. The van der Waals surface area contributed by atoms with E-state index in [0.717, 1.165) is 11.3 Å². The van der Waals surface area contributed by atoms with Crippen LogP contribution in [0.25, 0.3) is 5.69 Å². The molecule has 0 unspecified atom stereocenters. The molecular formula is C29H28Cl2N8O3. The molecule has 0 fully saturated rings. The Labute approximate surface area is 252 Å². The van der Waals surface area contributed by atoms with Crippen LogP contribution in [0.5, 0.6) is 0 Å². The Hall–Kier alpha value is -4.22. The van der Waals surface area contributed by atoms with Gasteiger partial charge in [0.2, 0.25) is 5.91 Å². The number of amides is 3. The van der Waals surface area contributed by atoms with E-state index in [9.17, 15) is 14.4 Å². The zero-order chi connectivity index (χ0) is 29.7. The monoisotopic (exact) mass is 606 g/mol. The summed E-state index contributed by atoms with van der Waals surface area (Å²) in [6.45, 7) is 4.20. The summed E-state index contributed by atoms with van der Waals surface area (Å²) in [7, 11) is 1.57. The van der Waals surface area contributed by atoms with E-state index < -0.39 is 6.04 Å². The first-order valence-corrected chi connectivity index (χ1v) is 14.3. The summed E-state index contributed by atoms with van der Waals surface area (Å²) in [5.41, 5.74) is 3.83. The van der Waals surface area contributed by atoms with Crippen molar-refractivity contribution in [1.29, 1.82) is 0 Å². The number of nitrogens with one attached hydrogen (secondary N) is 1. The lowest BCUT2D eigenvalue weighted by Gasteiger charge is -2.38. The number of likely N-dealkylation sites (N-methyl/N-ethyl adjacent to an activating group) is 1. The number of fused-ring (bicyclic) bond motifs is 3. The fourth-order valence-electron chi connectivity index (χ4n) is 5.69. The molecule has 4 aromatic rings. The SMILES string of the molecule is CNC(=O)[C@@H]1CN([C@@H](C)c2ccc(-n3cncn3)cc2)C(=O)c2c3c(nn21)C[C@@H](C)N(C(=O)c1ccc(Cl)c(Cl)c1)C3. The first kappa shape index (κ1) is 27.9. The number of aromatic nitrogens is 5. The third kappa shape index (κ3) is 4.72. The third-order valence-corrected chi connectivity index (χ3v) is 8.81. The van der Waals surface area contributed by atoms with Crippen LogP contribution in [0.1, 0.15) is 63.6 Å². The van der Waals surface area contributed by atoms with E-state index >= 15 is 0 Å². The van der Waals surface area contributed by atoms with Crippen molar-refractivity contribution in [3.8, 4) is 5.69 Å². The molecule has 0 bridgehead atoms. The molecule has 0 spiro atoms. The number of hydrogen-bond donors (Lipinski definition) is 1. The van der Waals surface area contributed by atoms with Crippen molar-refractivity contribution in [2.24, 2.45) is 0 Å². The molecule has 2 aliphatic heterocycles. The fourth-order valence-corrected chi connectivity index (χ4v) is 5.98. The minimum atomic E-state index is -0.722.